The van der Waals surface area contributed by atoms with Crippen molar-refractivity contribution in [2.24, 2.45) is 0 Å². The number of nitrogens with one attached hydrogen (secondary N) is 2. The van der Waals surface area contributed by atoms with E-state index in [1.54, 1.807) is 25.1 Å². The second kappa shape index (κ2) is 10.3. The summed E-state index contributed by atoms with van der Waals surface area (Å²) in [6.45, 7) is 6.34. The maximum Gasteiger partial charge on any atom is 0.263 e. The highest BCUT2D eigenvalue weighted by Gasteiger charge is 2.32. The first kappa shape index (κ1) is 22.6. The maximum absolute atomic E-state index is 13.7. The second-order valence-electron chi connectivity index (χ2n) is 7.84. The van der Waals surface area contributed by atoms with Gasteiger partial charge in [0.1, 0.15) is 11.6 Å². The van der Waals surface area contributed by atoms with Crippen LogP contribution in [0.4, 0.5) is 10.1 Å². The van der Waals surface area contributed by atoms with Crippen molar-refractivity contribution in [3.8, 4) is 5.75 Å². The molecule has 166 valence electrons. The number of fused-ring (bicyclic) bond motifs is 1. The number of halogens is 1. The fraction of sp³-hybridized carbons (Fsp3) is 0.417. The molecule has 1 atom stereocenters. The quantitative estimate of drug-likeness (QED) is 0.678. The van der Waals surface area contributed by atoms with E-state index >= 15 is 0 Å². The molecular formula is C24H30FN3O3. The predicted octanol–water partition coefficient (Wildman–Crippen LogP) is 3.32. The summed E-state index contributed by atoms with van der Waals surface area (Å²) in [4.78, 5) is 27.2. The Morgan fingerprint density at radius 3 is 2.65 bits per heavy atom. The molecule has 0 saturated carbocycles. The molecule has 1 aliphatic rings. The summed E-state index contributed by atoms with van der Waals surface area (Å²) in [6.07, 6.45) is 0.989. The van der Waals surface area contributed by atoms with Crippen molar-refractivity contribution in [2.75, 3.05) is 18.0 Å². The van der Waals surface area contributed by atoms with Crippen molar-refractivity contribution in [1.29, 1.82) is 0 Å². The zero-order valence-electron chi connectivity index (χ0n) is 18.3. The lowest BCUT2D eigenvalue weighted by Gasteiger charge is -2.35. The van der Waals surface area contributed by atoms with Crippen molar-refractivity contribution in [3.05, 3.63) is 59.4 Å². The van der Waals surface area contributed by atoms with E-state index in [-0.39, 0.29) is 43.3 Å². The van der Waals surface area contributed by atoms with Gasteiger partial charge in [-0.05, 0) is 49.1 Å². The van der Waals surface area contributed by atoms with Crippen LogP contribution in [0.15, 0.2) is 42.5 Å². The number of carbonyl (C=O) groups excluding carboxylic acids is 2. The van der Waals surface area contributed by atoms with Crippen LogP contribution in [0.2, 0.25) is 0 Å². The third-order valence-electron chi connectivity index (χ3n) is 5.55. The van der Waals surface area contributed by atoms with Crippen molar-refractivity contribution in [2.45, 2.75) is 52.3 Å². The molecular weight excluding hydrogens is 397 g/mol. The lowest BCUT2D eigenvalue weighted by molar-refractivity contribution is -0.129. The molecule has 2 aromatic rings. The molecule has 2 N–H and O–H groups in total. The third-order valence-corrected chi connectivity index (χ3v) is 5.55. The van der Waals surface area contributed by atoms with Gasteiger partial charge in [-0.1, -0.05) is 38.1 Å². The summed E-state index contributed by atoms with van der Waals surface area (Å²) in [5.41, 5.74) is 2.03. The number of hydrogen-bond donors (Lipinski definition) is 2. The molecule has 2 aromatic carbocycles. The van der Waals surface area contributed by atoms with Crippen LogP contribution in [0.5, 0.6) is 5.75 Å². The molecule has 31 heavy (non-hydrogen) atoms. The van der Waals surface area contributed by atoms with Gasteiger partial charge in [0, 0.05) is 12.6 Å². The standard InChI is InChI=1S/C24H30FN3O3/c1-4-18(5-2)27-24(30)22-14-28(20-8-6-7-9-21(20)31-22)15-23(29)26-13-17-11-10-16(3)19(25)12-17/h6-12,18,22H,4-5,13-15H2,1-3H3,(H,26,29)(H,27,30). The van der Waals surface area contributed by atoms with Crippen molar-refractivity contribution in [1.82, 2.24) is 10.6 Å². The molecule has 0 fully saturated rings. The molecule has 1 unspecified atom stereocenters. The van der Waals surface area contributed by atoms with Gasteiger partial charge < -0.3 is 20.3 Å². The Bertz CT molecular complexity index is 930. The van der Waals surface area contributed by atoms with Gasteiger partial charge >= 0.3 is 0 Å². The van der Waals surface area contributed by atoms with Crippen LogP contribution in [0, 0.1) is 12.7 Å². The highest BCUT2D eigenvalue weighted by Crippen LogP contribution is 2.33. The monoisotopic (exact) mass is 427 g/mol. The van der Waals surface area contributed by atoms with Crippen LogP contribution in [-0.2, 0) is 16.1 Å². The van der Waals surface area contributed by atoms with Gasteiger partial charge in [-0.3, -0.25) is 9.59 Å². The number of nitrogens with zero attached hydrogens (tertiary/aromatic N) is 1. The minimum absolute atomic E-state index is 0.0729. The summed E-state index contributed by atoms with van der Waals surface area (Å²) >= 11 is 0. The largest absolute Gasteiger partial charge is 0.477 e. The van der Waals surface area contributed by atoms with Gasteiger partial charge in [-0.2, -0.15) is 0 Å². The molecule has 6 nitrogen and oxygen atoms in total. The zero-order valence-corrected chi connectivity index (χ0v) is 18.3. The topological polar surface area (TPSA) is 70.7 Å². The minimum atomic E-state index is -0.700. The average molecular weight is 428 g/mol. The van der Waals surface area contributed by atoms with E-state index in [0.717, 1.165) is 18.5 Å². The summed E-state index contributed by atoms with van der Waals surface area (Å²) in [6, 6.07) is 12.4. The number of hydrogen-bond acceptors (Lipinski definition) is 4. The van der Waals surface area contributed by atoms with E-state index in [1.165, 1.54) is 6.07 Å². The van der Waals surface area contributed by atoms with Gasteiger partial charge in [0.15, 0.2) is 6.10 Å². The minimum Gasteiger partial charge on any atom is -0.477 e. The Hall–Kier alpha value is -3.09. The summed E-state index contributed by atoms with van der Waals surface area (Å²) < 4.78 is 19.7. The summed E-state index contributed by atoms with van der Waals surface area (Å²) in [5.74, 6) is -0.104. The Balaban J connectivity index is 1.66. The number of aryl methyl sites for hydroxylation is 1. The highest BCUT2D eigenvalue weighted by atomic mass is 19.1. The lowest BCUT2D eigenvalue weighted by atomic mass is 10.1. The first-order valence-electron chi connectivity index (χ1n) is 10.7. The molecule has 2 amide bonds. The number of para-hydroxylation sites is 2. The van der Waals surface area contributed by atoms with Crippen molar-refractivity contribution in [3.63, 3.8) is 0 Å². The summed E-state index contributed by atoms with van der Waals surface area (Å²) in [7, 11) is 0. The number of anilines is 1. The third kappa shape index (κ3) is 5.75. The van der Waals surface area contributed by atoms with Gasteiger partial charge in [0.25, 0.3) is 5.91 Å². The number of ether oxygens (including phenoxy) is 1. The molecule has 0 radical (unpaired) electrons. The smallest absolute Gasteiger partial charge is 0.263 e. The van der Waals surface area contributed by atoms with Crippen LogP contribution in [0.25, 0.3) is 0 Å². The van der Waals surface area contributed by atoms with Crippen LogP contribution < -0.4 is 20.3 Å². The molecule has 0 saturated heterocycles. The van der Waals surface area contributed by atoms with Crippen molar-refractivity contribution < 1.29 is 18.7 Å². The van der Waals surface area contributed by atoms with Crippen LogP contribution in [-0.4, -0.2) is 37.0 Å². The summed E-state index contributed by atoms with van der Waals surface area (Å²) in [5, 5.41) is 5.85. The van der Waals surface area contributed by atoms with Gasteiger partial charge in [-0.25, -0.2) is 4.39 Å². The van der Waals surface area contributed by atoms with E-state index in [0.29, 0.717) is 16.9 Å². The maximum atomic E-state index is 13.7. The van der Waals surface area contributed by atoms with Crippen molar-refractivity contribution >= 4 is 17.5 Å². The first-order valence-corrected chi connectivity index (χ1v) is 10.7. The molecule has 0 aliphatic carbocycles. The number of benzene rings is 2. The molecule has 1 heterocycles. The Labute approximate surface area is 182 Å². The zero-order chi connectivity index (χ0) is 22.4. The fourth-order valence-electron chi connectivity index (χ4n) is 3.56. The lowest BCUT2D eigenvalue weighted by Crippen LogP contribution is -2.52. The average Bonchev–Trinajstić information content (AvgIpc) is 2.78. The molecule has 3 rings (SSSR count). The Kier molecular flexibility index (Phi) is 7.50. The van der Waals surface area contributed by atoms with Gasteiger partial charge in [0.2, 0.25) is 5.91 Å². The van der Waals surface area contributed by atoms with Gasteiger partial charge in [-0.15, -0.1) is 0 Å². The number of carbonyl (C=O) groups is 2. The second-order valence-corrected chi connectivity index (χ2v) is 7.84. The first-order chi connectivity index (χ1) is 14.9. The SMILES string of the molecule is CCC(CC)NC(=O)C1CN(CC(=O)NCc2ccc(C)c(F)c2)c2ccccc2O1. The molecule has 0 aromatic heterocycles. The number of rotatable bonds is 8. The van der Waals surface area contributed by atoms with E-state index in [9.17, 15) is 14.0 Å². The molecule has 0 bridgehead atoms. The normalized spacial score (nSPS) is 15.3. The van der Waals surface area contributed by atoms with Crippen LogP contribution in [0.1, 0.15) is 37.8 Å². The number of amides is 2. The van der Waals surface area contributed by atoms with E-state index in [2.05, 4.69) is 10.6 Å². The van der Waals surface area contributed by atoms with E-state index in [1.807, 2.05) is 36.9 Å². The molecule has 0 spiro atoms. The van der Waals surface area contributed by atoms with Crippen LogP contribution >= 0.6 is 0 Å². The fourth-order valence-corrected chi connectivity index (χ4v) is 3.56. The van der Waals surface area contributed by atoms with Gasteiger partial charge in [0.05, 0.1) is 18.8 Å². The highest BCUT2D eigenvalue weighted by molar-refractivity contribution is 5.86. The molecule has 1 aliphatic heterocycles. The van der Waals surface area contributed by atoms with E-state index in [4.69, 9.17) is 4.74 Å². The van der Waals surface area contributed by atoms with Crippen LogP contribution in [0.3, 0.4) is 0 Å². The molecule has 7 heteroatoms. The predicted molar refractivity (Wildman–Crippen MR) is 119 cm³/mol. The Morgan fingerprint density at radius 1 is 1.19 bits per heavy atom. The van der Waals surface area contributed by atoms with E-state index < -0.39 is 6.10 Å². The Morgan fingerprint density at radius 2 is 1.94 bits per heavy atom.